The third-order valence-electron chi connectivity index (χ3n) is 4.64. The summed E-state index contributed by atoms with van der Waals surface area (Å²) in [5.74, 6) is 0.0173. The van der Waals surface area contributed by atoms with E-state index in [0.717, 1.165) is 18.4 Å². The van der Waals surface area contributed by atoms with Gasteiger partial charge in [-0.15, -0.1) is 0 Å². The number of hydrogen-bond acceptors (Lipinski definition) is 2. The minimum atomic E-state index is -0.235. The molecule has 1 amide bonds. The van der Waals surface area contributed by atoms with E-state index in [2.05, 4.69) is 18.7 Å². The van der Waals surface area contributed by atoms with Gasteiger partial charge in [-0.2, -0.15) is 0 Å². The molecule has 0 saturated heterocycles. The smallest absolute Gasteiger partial charge is 0.227 e. The first-order valence-corrected chi connectivity index (χ1v) is 8.15. The molecular weight excluding hydrogens is 260 g/mol. The topological polar surface area (TPSA) is 46.3 Å². The van der Waals surface area contributed by atoms with Gasteiger partial charge in [0.1, 0.15) is 0 Å². The highest BCUT2D eigenvalue weighted by Crippen LogP contribution is 2.29. The number of nitrogens with two attached hydrogens (primary N) is 1. The molecule has 2 atom stereocenters. The molecule has 2 rings (SSSR count). The normalized spacial score (nSPS) is 18.7. The molecule has 3 nitrogen and oxygen atoms in total. The van der Waals surface area contributed by atoms with Gasteiger partial charge < -0.3 is 10.6 Å². The predicted octanol–water partition coefficient (Wildman–Crippen LogP) is 3.50. The summed E-state index contributed by atoms with van der Waals surface area (Å²) >= 11 is 0. The number of amides is 1. The van der Waals surface area contributed by atoms with Crippen LogP contribution in [0, 0.1) is 5.92 Å². The molecule has 0 aromatic heterocycles. The molecule has 3 heteroatoms. The Balaban J connectivity index is 2.12. The molecule has 1 saturated carbocycles. The van der Waals surface area contributed by atoms with Crippen LogP contribution >= 0.6 is 0 Å². The van der Waals surface area contributed by atoms with E-state index < -0.39 is 0 Å². The fraction of sp³-hybridized carbons (Fsp3) is 0.611. The second-order valence-electron chi connectivity index (χ2n) is 6.50. The van der Waals surface area contributed by atoms with Gasteiger partial charge in [-0.05, 0) is 32.3 Å². The van der Waals surface area contributed by atoms with Crippen LogP contribution in [0.15, 0.2) is 30.3 Å². The number of carbonyl (C=O) groups excluding carboxylic acids is 1. The third kappa shape index (κ3) is 3.65. The van der Waals surface area contributed by atoms with Gasteiger partial charge in [-0.1, -0.05) is 50.1 Å². The fourth-order valence-electron chi connectivity index (χ4n) is 3.39. The molecule has 0 radical (unpaired) electrons. The molecular formula is C18H28N2O. The summed E-state index contributed by atoms with van der Waals surface area (Å²) in [6, 6.07) is 10.3. The lowest BCUT2D eigenvalue weighted by molar-refractivity contribution is -0.140. The Bertz CT molecular complexity index is 452. The van der Waals surface area contributed by atoms with Crippen molar-refractivity contribution in [3.8, 4) is 0 Å². The Morgan fingerprint density at radius 2 is 1.71 bits per heavy atom. The predicted molar refractivity (Wildman–Crippen MR) is 86.8 cm³/mol. The van der Waals surface area contributed by atoms with Gasteiger partial charge in [-0.3, -0.25) is 4.79 Å². The van der Waals surface area contributed by atoms with Gasteiger partial charge >= 0.3 is 0 Å². The zero-order valence-electron chi connectivity index (χ0n) is 13.5. The van der Waals surface area contributed by atoms with Crippen molar-refractivity contribution in [2.24, 2.45) is 11.7 Å². The van der Waals surface area contributed by atoms with E-state index in [4.69, 9.17) is 5.73 Å². The van der Waals surface area contributed by atoms with Crippen LogP contribution in [0.2, 0.25) is 0 Å². The van der Waals surface area contributed by atoms with Crippen LogP contribution in [0.4, 0.5) is 0 Å². The Morgan fingerprint density at radius 3 is 2.24 bits per heavy atom. The van der Waals surface area contributed by atoms with Crippen molar-refractivity contribution in [2.75, 3.05) is 0 Å². The van der Waals surface area contributed by atoms with Gasteiger partial charge in [0.15, 0.2) is 0 Å². The Hall–Kier alpha value is -1.35. The lowest BCUT2D eigenvalue weighted by Crippen LogP contribution is -2.48. The molecule has 0 aliphatic heterocycles. The van der Waals surface area contributed by atoms with Crippen LogP contribution in [-0.4, -0.2) is 22.9 Å². The van der Waals surface area contributed by atoms with Gasteiger partial charge in [0.05, 0.1) is 5.92 Å². The van der Waals surface area contributed by atoms with Crippen LogP contribution in [0.1, 0.15) is 58.1 Å². The average molecular weight is 288 g/mol. The molecule has 1 aliphatic rings. The average Bonchev–Trinajstić information content (AvgIpc) is 3.00. The summed E-state index contributed by atoms with van der Waals surface area (Å²) < 4.78 is 0. The lowest BCUT2D eigenvalue weighted by Gasteiger charge is -2.36. The lowest BCUT2D eigenvalue weighted by atomic mass is 9.93. The van der Waals surface area contributed by atoms with Gasteiger partial charge in [-0.25, -0.2) is 0 Å². The number of hydrogen-bond donors (Lipinski definition) is 1. The largest absolute Gasteiger partial charge is 0.337 e. The van der Waals surface area contributed by atoms with Crippen molar-refractivity contribution in [2.45, 2.75) is 64.6 Å². The van der Waals surface area contributed by atoms with E-state index in [1.165, 1.54) is 12.8 Å². The summed E-state index contributed by atoms with van der Waals surface area (Å²) in [6.07, 6.45) is 4.75. The molecule has 2 unspecified atom stereocenters. The number of carbonyl (C=O) groups is 1. The highest BCUT2D eigenvalue weighted by Gasteiger charge is 2.33. The summed E-state index contributed by atoms with van der Waals surface area (Å²) in [6.45, 7) is 6.18. The van der Waals surface area contributed by atoms with Crippen LogP contribution < -0.4 is 5.73 Å². The van der Waals surface area contributed by atoms with E-state index >= 15 is 0 Å². The van der Waals surface area contributed by atoms with Crippen LogP contribution in [0.5, 0.6) is 0 Å². The minimum absolute atomic E-state index is 0.185. The van der Waals surface area contributed by atoms with Crippen molar-refractivity contribution >= 4 is 5.91 Å². The first-order chi connectivity index (χ1) is 10.0. The second-order valence-corrected chi connectivity index (χ2v) is 6.50. The Labute approximate surface area is 128 Å². The highest BCUT2D eigenvalue weighted by atomic mass is 16.2. The van der Waals surface area contributed by atoms with E-state index in [1.54, 1.807) is 0 Å². The number of rotatable bonds is 5. The number of nitrogens with zero attached hydrogens (tertiary/aromatic N) is 1. The standard InChI is InChI=1S/C18H28N2O/c1-13(2)20(16-11-7-8-12-16)18(21)14(3)17(19)15-9-5-4-6-10-15/h4-6,9-10,13-14,16-17H,7-8,11-12,19H2,1-3H3. The van der Waals surface area contributed by atoms with E-state index in [-0.39, 0.29) is 23.9 Å². The van der Waals surface area contributed by atoms with Crippen molar-refractivity contribution in [1.29, 1.82) is 0 Å². The van der Waals surface area contributed by atoms with Crippen molar-refractivity contribution in [1.82, 2.24) is 4.90 Å². The monoisotopic (exact) mass is 288 g/mol. The SMILES string of the molecule is CC(C(=O)N(C(C)C)C1CCCC1)C(N)c1ccccc1. The Kier molecular flexibility index (Phi) is 5.40. The molecule has 21 heavy (non-hydrogen) atoms. The van der Waals surface area contributed by atoms with Gasteiger partial charge in [0.2, 0.25) is 5.91 Å². The molecule has 1 aromatic rings. The summed E-state index contributed by atoms with van der Waals surface area (Å²) in [5, 5.41) is 0. The highest BCUT2D eigenvalue weighted by molar-refractivity contribution is 5.80. The zero-order chi connectivity index (χ0) is 15.4. The molecule has 2 N–H and O–H groups in total. The van der Waals surface area contributed by atoms with E-state index in [1.807, 2.05) is 37.3 Å². The minimum Gasteiger partial charge on any atom is -0.337 e. The first kappa shape index (κ1) is 16.0. The maximum absolute atomic E-state index is 12.9. The van der Waals surface area contributed by atoms with Crippen LogP contribution in [-0.2, 0) is 4.79 Å². The Morgan fingerprint density at radius 1 is 1.14 bits per heavy atom. The van der Waals surface area contributed by atoms with Crippen molar-refractivity contribution in [3.05, 3.63) is 35.9 Å². The summed E-state index contributed by atoms with van der Waals surface area (Å²) in [5.41, 5.74) is 7.36. The summed E-state index contributed by atoms with van der Waals surface area (Å²) in [7, 11) is 0. The summed E-state index contributed by atoms with van der Waals surface area (Å²) in [4.78, 5) is 15.0. The second kappa shape index (κ2) is 7.08. The maximum Gasteiger partial charge on any atom is 0.227 e. The van der Waals surface area contributed by atoms with E-state index in [9.17, 15) is 4.79 Å². The molecule has 0 spiro atoms. The van der Waals surface area contributed by atoms with Gasteiger partial charge in [0.25, 0.3) is 0 Å². The third-order valence-corrected chi connectivity index (χ3v) is 4.64. The van der Waals surface area contributed by atoms with Crippen molar-refractivity contribution < 1.29 is 4.79 Å². The quantitative estimate of drug-likeness (QED) is 0.901. The zero-order valence-corrected chi connectivity index (χ0v) is 13.5. The molecule has 1 aliphatic carbocycles. The van der Waals surface area contributed by atoms with Crippen LogP contribution in [0.3, 0.4) is 0 Å². The molecule has 116 valence electrons. The molecule has 0 bridgehead atoms. The van der Waals surface area contributed by atoms with Gasteiger partial charge in [0, 0.05) is 18.1 Å². The maximum atomic E-state index is 12.9. The fourth-order valence-corrected chi connectivity index (χ4v) is 3.39. The van der Waals surface area contributed by atoms with Crippen LogP contribution in [0.25, 0.3) is 0 Å². The molecule has 0 heterocycles. The number of benzene rings is 1. The van der Waals surface area contributed by atoms with E-state index in [0.29, 0.717) is 6.04 Å². The molecule has 1 aromatic carbocycles. The first-order valence-electron chi connectivity index (χ1n) is 8.15. The van der Waals surface area contributed by atoms with Crippen molar-refractivity contribution in [3.63, 3.8) is 0 Å². The molecule has 1 fully saturated rings.